The molecule has 3 nitrogen and oxygen atoms in total. The average Bonchev–Trinajstić information content (AvgIpc) is 2.65. The van der Waals surface area contributed by atoms with Gasteiger partial charge in [-0.3, -0.25) is 0 Å². The molecule has 0 amide bonds. The molecule has 2 atom stereocenters. The lowest BCUT2D eigenvalue weighted by Gasteiger charge is -2.50. The maximum absolute atomic E-state index is 6.93. The van der Waals surface area contributed by atoms with Gasteiger partial charge in [0.1, 0.15) is 5.76 Å². The number of hydrogen-bond donors (Lipinski definition) is 0. The van der Waals surface area contributed by atoms with E-state index in [9.17, 15) is 0 Å². The predicted molar refractivity (Wildman–Crippen MR) is 121 cm³/mol. The third-order valence-corrected chi connectivity index (χ3v) is 11.5. The molecule has 2 rings (SSSR count). The molecular formula is C24H42O3Si. The van der Waals surface area contributed by atoms with Gasteiger partial charge in [-0.25, -0.2) is 0 Å². The molecule has 1 aliphatic heterocycles. The molecule has 28 heavy (non-hydrogen) atoms. The van der Waals surface area contributed by atoms with Crippen LogP contribution < -0.4 is 0 Å². The van der Waals surface area contributed by atoms with Gasteiger partial charge in [-0.05, 0) is 69.8 Å². The summed E-state index contributed by atoms with van der Waals surface area (Å²) in [6.07, 6.45) is 6.87. The van der Waals surface area contributed by atoms with E-state index in [0.717, 1.165) is 23.9 Å². The number of allylic oxidation sites excluding steroid dienone is 4. The Morgan fingerprint density at radius 1 is 1.14 bits per heavy atom. The van der Waals surface area contributed by atoms with Crippen molar-refractivity contribution in [3.63, 3.8) is 0 Å². The van der Waals surface area contributed by atoms with E-state index in [4.69, 9.17) is 13.9 Å². The van der Waals surface area contributed by atoms with Gasteiger partial charge in [-0.1, -0.05) is 45.9 Å². The fourth-order valence-electron chi connectivity index (χ4n) is 5.11. The molecule has 1 fully saturated rings. The lowest BCUT2D eigenvalue weighted by molar-refractivity contribution is -0.284. The smallest absolute Gasteiger partial charge is 0.250 e. The Morgan fingerprint density at radius 2 is 1.68 bits per heavy atom. The molecule has 0 aromatic heterocycles. The van der Waals surface area contributed by atoms with E-state index in [1.807, 2.05) is 13.8 Å². The third-order valence-electron chi connectivity index (χ3n) is 6.96. The number of ether oxygens (including phenoxy) is 2. The molecule has 0 aromatic carbocycles. The molecule has 0 bridgehead atoms. The van der Waals surface area contributed by atoms with Gasteiger partial charge in [-0.15, -0.1) is 0 Å². The van der Waals surface area contributed by atoms with Gasteiger partial charge in [0.05, 0.1) is 13.2 Å². The first-order valence-corrected chi connectivity index (χ1v) is 13.6. The van der Waals surface area contributed by atoms with E-state index in [1.54, 1.807) is 0 Å². The number of hydrogen-bond acceptors (Lipinski definition) is 3. The molecular weight excluding hydrogens is 364 g/mol. The topological polar surface area (TPSA) is 27.7 Å². The number of rotatable bonds is 7. The molecule has 0 radical (unpaired) electrons. The summed E-state index contributed by atoms with van der Waals surface area (Å²) in [6.45, 7) is 21.2. The molecule has 2 aliphatic rings. The zero-order valence-corrected chi connectivity index (χ0v) is 20.6. The Balaban J connectivity index is 2.50. The highest BCUT2D eigenvalue weighted by Gasteiger charge is 2.49. The van der Waals surface area contributed by atoms with Gasteiger partial charge < -0.3 is 13.9 Å². The molecule has 1 spiro atoms. The summed E-state index contributed by atoms with van der Waals surface area (Å²) < 4.78 is 19.3. The second kappa shape index (κ2) is 8.89. The fraction of sp³-hybridized carbons (Fsp3) is 0.750. The van der Waals surface area contributed by atoms with Gasteiger partial charge in [0.2, 0.25) is 8.32 Å². The Bertz CT molecular complexity index is 622. The van der Waals surface area contributed by atoms with E-state index < -0.39 is 14.1 Å². The maximum Gasteiger partial charge on any atom is 0.250 e. The largest absolute Gasteiger partial charge is 0.543 e. The standard InChI is InChI=1S/C24H42O3Si/c1-10-14-18(5)21-20(7)22(27-28(11-2,12-3)13-4)19(6)15-24(21)16-25-23(8,9)26-17-24/h10,14-15,18,21H,11-13,16-17H2,1-9H3/t18?,21-/m1/s1. The van der Waals surface area contributed by atoms with Crippen molar-refractivity contribution < 1.29 is 13.9 Å². The van der Waals surface area contributed by atoms with Crippen LogP contribution in [0.4, 0.5) is 0 Å². The van der Waals surface area contributed by atoms with Crippen LogP contribution >= 0.6 is 0 Å². The van der Waals surface area contributed by atoms with Crippen molar-refractivity contribution >= 4 is 8.32 Å². The Kier molecular flexibility index (Phi) is 7.44. The SMILES string of the molecule is CC=CC(C)[C@@H]1C(C)=C(O[Si](CC)(CC)CC)C(C)=CC12COC(C)(C)OC2. The van der Waals surface area contributed by atoms with Crippen LogP contribution in [0.1, 0.15) is 62.3 Å². The van der Waals surface area contributed by atoms with Gasteiger partial charge >= 0.3 is 0 Å². The normalized spacial score (nSPS) is 25.9. The van der Waals surface area contributed by atoms with Gasteiger partial charge in [0.25, 0.3) is 0 Å². The van der Waals surface area contributed by atoms with E-state index in [-0.39, 0.29) is 5.41 Å². The molecule has 1 aliphatic carbocycles. The van der Waals surface area contributed by atoms with Crippen LogP contribution in [0.2, 0.25) is 18.1 Å². The van der Waals surface area contributed by atoms with Gasteiger partial charge in [-0.2, -0.15) is 0 Å². The van der Waals surface area contributed by atoms with Crippen LogP contribution in [0.3, 0.4) is 0 Å². The first-order valence-electron chi connectivity index (χ1n) is 11.1. The Hall–Kier alpha value is -0.843. The first-order chi connectivity index (χ1) is 13.1. The zero-order valence-electron chi connectivity index (χ0n) is 19.6. The van der Waals surface area contributed by atoms with Crippen molar-refractivity contribution in [2.24, 2.45) is 17.3 Å². The zero-order chi connectivity index (χ0) is 21.2. The highest BCUT2D eigenvalue weighted by atomic mass is 28.4. The molecule has 0 saturated carbocycles. The second-order valence-electron chi connectivity index (χ2n) is 9.26. The van der Waals surface area contributed by atoms with Gasteiger partial charge in [0, 0.05) is 11.3 Å². The molecule has 0 aromatic rings. The summed E-state index contributed by atoms with van der Waals surface area (Å²) in [5.74, 6) is 1.34. The fourth-order valence-corrected chi connectivity index (χ4v) is 7.80. The van der Waals surface area contributed by atoms with Crippen LogP contribution in [0.5, 0.6) is 0 Å². The quantitative estimate of drug-likeness (QED) is 0.342. The highest BCUT2D eigenvalue weighted by Crippen LogP contribution is 2.50. The Morgan fingerprint density at radius 3 is 2.14 bits per heavy atom. The van der Waals surface area contributed by atoms with E-state index >= 15 is 0 Å². The first kappa shape index (κ1) is 23.4. The summed E-state index contributed by atoms with van der Waals surface area (Å²) in [5, 5.41) is 0. The van der Waals surface area contributed by atoms with Crippen molar-refractivity contribution in [1.29, 1.82) is 0 Å². The third kappa shape index (κ3) is 4.49. The molecule has 1 saturated heterocycles. The van der Waals surface area contributed by atoms with Crippen LogP contribution in [0, 0.1) is 17.3 Å². The summed E-state index contributed by atoms with van der Waals surface area (Å²) in [5.41, 5.74) is 2.48. The van der Waals surface area contributed by atoms with E-state index in [2.05, 4.69) is 66.7 Å². The lowest BCUT2D eigenvalue weighted by atomic mass is 9.63. The predicted octanol–water partition coefficient (Wildman–Crippen LogP) is 6.84. The van der Waals surface area contributed by atoms with E-state index in [1.165, 1.54) is 11.1 Å². The molecule has 1 heterocycles. The summed E-state index contributed by atoms with van der Waals surface area (Å²) in [4.78, 5) is 0. The average molecular weight is 407 g/mol. The minimum atomic E-state index is -1.73. The van der Waals surface area contributed by atoms with Crippen LogP contribution in [-0.4, -0.2) is 27.3 Å². The van der Waals surface area contributed by atoms with Crippen LogP contribution in [0.15, 0.2) is 35.1 Å². The second-order valence-corrected chi connectivity index (χ2v) is 13.9. The molecule has 160 valence electrons. The van der Waals surface area contributed by atoms with Crippen molar-refractivity contribution in [3.8, 4) is 0 Å². The van der Waals surface area contributed by atoms with Crippen molar-refractivity contribution in [2.75, 3.05) is 13.2 Å². The van der Waals surface area contributed by atoms with E-state index in [0.29, 0.717) is 25.0 Å². The van der Waals surface area contributed by atoms with Gasteiger partial charge in [0.15, 0.2) is 5.79 Å². The monoisotopic (exact) mass is 406 g/mol. The Labute approximate surface area is 174 Å². The minimum absolute atomic E-state index is 0.135. The van der Waals surface area contributed by atoms with Crippen molar-refractivity contribution in [3.05, 3.63) is 35.1 Å². The summed E-state index contributed by atoms with van der Waals surface area (Å²) in [6, 6.07) is 3.47. The van der Waals surface area contributed by atoms with Crippen LogP contribution in [-0.2, 0) is 13.9 Å². The van der Waals surface area contributed by atoms with Crippen molar-refractivity contribution in [1.82, 2.24) is 0 Å². The summed E-state index contributed by atoms with van der Waals surface area (Å²) >= 11 is 0. The lowest BCUT2D eigenvalue weighted by Crippen LogP contribution is -2.52. The molecule has 0 N–H and O–H groups in total. The maximum atomic E-state index is 6.93. The van der Waals surface area contributed by atoms with Crippen molar-refractivity contribution in [2.45, 2.75) is 86.2 Å². The molecule has 4 heteroatoms. The van der Waals surface area contributed by atoms with Crippen LogP contribution in [0.25, 0.3) is 0 Å². The minimum Gasteiger partial charge on any atom is -0.543 e. The summed E-state index contributed by atoms with van der Waals surface area (Å²) in [7, 11) is -1.73. The molecule has 1 unspecified atom stereocenters. The highest BCUT2D eigenvalue weighted by molar-refractivity contribution is 6.73.